The third-order valence-corrected chi connectivity index (χ3v) is 3.82. The predicted octanol–water partition coefficient (Wildman–Crippen LogP) is 0.633. The van der Waals surface area contributed by atoms with Gasteiger partial charge >= 0.3 is 12.0 Å². The van der Waals surface area contributed by atoms with Crippen LogP contribution in [0.3, 0.4) is 0 Å². The Kier molecular flexibility index (Phi) is 4.95. The number of carboxylic acids is 1. The van der Waals surface area contributed by atoms with Gasteiger partial charge in [0.25, 0.3) is 0 Å². The summed E-state index contributed by atoms with van der Waals surface area (Å²) in [6.45, 7) is 2.29. The van der Waals surface area contributed by atoms with Crippen molar-refractivity contribution in [3.05, 3.63) is 0 Å². The molecule has 0 spiro atoms. The minimum absolute atomic E-state index is 0.0439. The third kappa shape index (κ3) is 3.35. The molecule has 6 nitrogen and oxygen atoms in total. The van der Waals surface area contributed by atoms with Gasteiger partial charge in [0.1, 0.15) is 6.04 Å². The summed E-state index contributed by atoms with van der Waals surface area (Å²) in [6.07, 6.45) is 3.68. The lowest BCUT2D eigenvalue weighted by atomic mass is 9.75. The van der Waals surface area contributed by atoms with Crippen LogP contribution in [0.1, 0.15) is 32.6 Å². The van der Waals surface area contributed by atoms with Gasteiger partial charge in [-0.1, -0.05) is 6.92 Å². The minimum atomic E-state index is -1.00. The van der Waals surface area contributed by atoms with Crippen molar-refractivity contribution in [2.45, 2.75) is 44.2 Å². The Labute approximate surface area is 108 Å². The highest BCUT2D eigenvalue weighted by molar-refractivity contribution is 5.82. The van der Waals surface area contributed by atoms with E-state index in [0.717, 1.165) is 12.8 Å². The van der Waals surface area contributed by atoms with E-state index < -0.39 is 18.0 Å². The minimum Gasteiger partial charge on any atom is -0.480 e. The average Bonchev–Trinajstić information content (AvgIpc) is 2.23. The number of likely N-dealkylation sites (N-methyl/N-ethyl adjacent to an activating group) is 1. The van der Waals surface area contributed by atoms with Crippen molar-refractivity contribution >= 4 is 12.0 Å². The maximum atomic E-state index is 11.6. The molecule has 3 N–H and O–H groups in total. The van der Waals surface area contributed by atoms with Gasteiger partial charge in [0.05, 0.1) is 0 Å². The summed E-state index contributed by atoms with van der Waals surface area (Å²) in [6, 6.07) is -1.22. The number of carboxylic acid groups (broad SMARTS) is 1. The van der Waals surface area contributed by atoms with Gasteiger partial charge in [0, 0.05) is 12.1 Å². The number of hydrogen-bond acceptors (Lipinski definition) is 3. The number of hydrogen-bond donors (Lipinski definition) is 3. The summed E-state index contributed by atoms with van der Waals surface area (Å²) in [5.74, 6) is -1.00. The molecule has 0 aromatic heterocycles. The van der Waals surface area contributed by atoms with Gasteiger partial charge in [-0.15, -0.1) is 0 Å². The molecule has 1 fully saturated rings. The van der Waals surface area contributed by atoms with Crippen LogP contribution in [0.5, 0.6) is 0 Å². The van der Waals surface area contributed by atoms with Crippen molar-refractivity contribution in [2.75, 3.05) is 20.6 Å². The molecule has 0 heterocycles. The van der Waals surface area contributed by atoms with Crippen molar-refractivity contribution in [3.63, 3.8) is 0 Å². The number of carbonyl (C=O) groups is 2. The Hall–Kier alpha value is -1.30. The average molecular weight is 257 g/mol. The van der Waals surface area contributed by atoms with Crippen LogP contribution < -0.4 is 10.6 Å². The summed E-state index contributed by atoms with van der Waals surface area (Å²) in [5, 5.41) is 14.1. The molecule has 0 aromatic rings. The van der Waals surface area contributed by atoms with E-state index >= 15 is 0 Å². The van der Waals surface area contributed by atoms with E-state index in [-0.39, 0.29) is 5.54 Å². The predicted molar refractivity (Wildman–Crippen MR) is 68.5 cm³/mol. The van der Waals surface area contributed by atoms with E-state index in [4.69, 9.17) is 5.11 Å². The molecule has 0 radical (unpaired) electrons. The molecule has 2 amide bonds. The molecule has 0 saturated heterocycles. The van der Waals surface area contributed by atoms with Crippen molar-refractivity contribution in [3.8, 4) is 0 Å². The van der Waals surface area contributed by atoms with E-state index in [1.54, 1.807) is 6.92 Å². The van der Waals surface area contributed by atoms with Gasteiger partial charge in [-0.3, -0.25) is 0 Å². The van der Waals surface area contributed by atoms with Gasteiger partial charge in [0.15, 0.2) is 0 Å². The zero-order chi connectivity index (χ0) is 13.8. The fraction of sp³-hybridized carbons (Fsp3) is 0.833. The van der Waals surface area contributed by atoms with Crippen LogP contribution in [0, 0.1) is 0 Å². The Morgan fingerprint density at radius 3 is 2.33 bits per heavy atom. The van der Waals surface area contributed by atoms with Crippen molar-refractivity contribution < 1.29 is 14.7 Å². The van der Waals surface area contributed by atoms with E-state index in [1.165, 1.54) is 6.42 Å². The third-order valence-electron chi connectivity index (χ3n) is 3.82. The molecule has 0 aromatic carbocycles. The first-order chi connectivity index (χ1) is 8.41. The lowest BCUT2D eigenvalue weighted by molar-refractivity contribution is -0.139. The quantitative estimate of drug-likeness (QED) is 0.652. The lowest BCUT2D eigenvalue weighted by Gasteiger charge is -2.47. The van der Waals surface area contributed by atoms with Gasteiger partial charge < -0.3 is 20.6 Å². The molecule has 18 heavy (non-hydrogen) atoms. The topological polar surface area (TPSA) is 81.7 Å². The van der Waals surface area contributed by atoms with E-state index in [2.05, 4.69) is 15.5 Å². The Morgan fingerprint density at radius 2 is 2.00 bits per heavy atom. The second-order valence-corrected chi connectivity index (χ2v) is 5.10. The molecule has 1 saturated carbocycles. The molecule has 1 aliphatic rings. The zero-order valence-electron chi connectivity index (χ0n) is 11.3. The first kappa shape index (κ1) is 14.8. The van der Waals surface area contributed by atoms with Gasteiger partial charge in [0.2, 0.25) is 0 Å². The molecule has 104 valence electrons. The highest BCUT2D eigenvalue weighted by Gasteiger charge is 2.39. The summed E-state index contributed by atoms with van der Waals surface area (Å²) in [7, 11) is 4.01. The summed E-state index contributed by atoms with van der Waals surface area (Å²) in [4.78, 5) is 24.5. The summed E-state index contributed by atoms with van der Waals surface area (Å²) < 4.78 is 0. The van der Waals surface area contributed by atoms with Crippen molar-refractivity contribution in [1.82, 2.24) is 15.5 Å². The summed E-state index contributed by atoms with van der Waals surface area (Å²) in [5.41, 5.74) is 0.0439. The molecule has 1 rings (SSSR count). The first-order valence-electron chi connectivity index (χ1n) is 6.36. The number of aliphatic carboxylic acids is 1. The molecule has 0 aliphatic heterocycles. The Balaban J connectivity index is 2.39. The zero-order valence-corrected chi connectivity index (χ0v) is 11.3. The molecule has 1 atom stereocenters. The molecule has 0 bridgehead atoms. The highest BCUT2D eigenvalue weighted by Crippen LogP contribution is 2.35. The number of urea groups is 1. The SMILES string of the molecule is CCC(NC(=O)NCC1(N(C)C)CCC1)C(=O)O. The van der Waals surface area contributed by atoms with Crippen molar-refractivity contribution in [2.24, 2.45) is 0 Å². The standard InChI is InChI=1S/C12H23N3O3/c1-4-9(10(16)17)14-11(18)13-8-12(15(2)3)6-5-7-12/h9H,4-8H2,1-3H3,(H,16,17)(H2,13,14,18). The van der Waals surface area contributed by atoms with Crippen LogP contribution >= 0.6 is 0 Å². The monoisotopic (exact) mass is 257 g/mol. The lowest BCUT2D eigenvalue weighted by Crippen LogP contribution is -2.59. The normalized spacial score (nSPS) is 18.9. The van der Waals surface area contributed by atoms with Gasteiger partial charge in [-0.2, -0.15) is 0 Å². The maximum absolute atomic E-state index is 11.6. The smallest absolute Gasteiger partial charge is 0.326 e. The van der Waals surface area contributed by atoms with Crippen molar-refractivity contribution in [1.29, 1.82) is 0 Å². The van der Waals surface area contributed by atoms with E-state index in [1.807, 2.05) is 14.1 Å². The number of nitrogens with one attached hydrogen (secondary N) is 2. The first-order valence-corrected chi connectivity index (χ1v) is 6.36. The van der Waals surface area contributed by atoms with Gasteiger partial charge in [-0.05, 0) is 39.8 Å². The second-order valence-electron chi connectivity index (χ2n) is 5.10. The largest absolute Gasteiger partial charge is 0.480 e. The Bertz CT molecular complexity index is 314. The maximum Gasteiger partial charge on any atom is 0.326 e. The fourth-order valence-electron chi connectivity index (χ4n) is 2.16. The highest BCUT2D eigenvalue weighted by atomic mass is 16.4. The molecule has 6 heteroatoms. The molecule has 1 aliphatic carbocycles. The number of rotatable bonds is 6. The molecular weight excluding hydrogens is 234 g/mol. The van der Waals surface area contributed by atoms with Gasteiger partial charge in [-0.25, -0.2) is 9.59 Å². The van der Waals surface area contributed by atoms with E-state index in [9.17, 15) is 9.59 Å². The number of nitrogens with zero attached hydrogens (tertiary/aromatic N) is 1. The van der Waals surface area contributed by atoms with Crippen LogP contribution in [0.15, 0.2) is 0 Å². The van der Waals surface area contributed by atoms with Crippen LogP contribution in [-0.2, 0) is 4.79 Å². The van der Waals surface area contributed by atoms with Crippen LogP contribution in [0.25, 0.3) is 0 Å². The molecular formula is C12H23N3O3. The second kappa shape index (κ2) is 6.04. The number of amides is 2. The molecule has 1 unspecified atom stereocenters. The Morgan fingerprint density at radius 1 is 1.39 bits per heavy atom. The van der Waals surface area contributed by atoms with Crippen LogP contribution in [0.4, 0.5) is 4.79 Å². The van der Waals surface area contributed by atoms with Crippen LogP contribution in [0.2, 0.25) is 0 Å². The fourth-order valence-corrected chi connectivity index (χ4v) is 2.16. The van der Waals surface area contributed by atoms with Crippen LogP contribution in [-0.4, -0.2) is 54.2 Å². The van der Waals surface area contributed by atoms with E-state index in [0.29, 0.717) is 13.0 Å². The number of carbonyl (C=O) groups excluding carboxylic acids is 1. The summed E-state index contributed by atoms with van der Waals surface area (Å²) >= 11 is 0.